The molecule has 0 amide bonds. The van der Waals surface area contributed by atoms with Gasteiger partial charge in [-0.25, -0.2) is 0 Å². The number of esters is 2. The highest BCUT2D eigenvalue weighted by Gasteiger charge is 2.25. The molecule has 52 heavy (non-hydrogen) atoms. The average Bonchev–Trinajstić information content (AvgIpc) is 3.67. The van der Waals surface area contributed by atoms with Crippen molar-refractivity contribution < 1.29 is 44.0 Å². The fraction of sp³-hybridized carbons (Fsp3) is 0.581. The molecule has 2 rings (SSSR count). The number of hydrogen-bond donors (Lipinski definition) is 3. The lowest BCUT2D eigenvalue weighted by Gasteiger charge is -2.26. The van der Waals surface area contributed by atoms with Crippen LogP contribution in [0.2, 0.25) is 0 Å². The van der Waals surface area contributed by atoms with E-state index in [0.717, 1.165) is 44.4 Å². The molecular formula is C43H66O9. The second kappa shape index (κ2) is 39.6. The zero-order valence-corrected chi connectivity index (χ0v) is 32.0. The minimum atomic E-state index is -0.987. The van der Waals surface area contributed by atoms with Gasteiger partial charge in [-0.15, -0.1) is 24.7 Å². The maximum atomic E-state index is 11.5. The second-order valence-electron chi connectivity index (χ2n) is 12.6. The van der Waals surface area contributed by atoms with E-state index < -0.39 is 6.29 Å². The predicted molar refractivity (Wildman–Crippen MR) is 209 cm³/mol. The van der Waals surface area contributed by atoms with Crippen molar-refractivity contribution in [2.24, 2.45) is 11.3 Å². The first-order valence-electron chi connectivity index (χ1n) is 18.3. The van der Waals surface area contributed by atoms with Crippen LogP contribution in [0.5, 0.6) is 0 Å². The number of benzene rings is 1. The van der Waals surface area contributed by atoms with Crippen LogP contribution in [-0.2, 0) is 35.1 Å². The zero-order chi connectivity index (χ0) is 39.7. The van der Waals surface area contributed by atoms with Crippen LogP contribution in [0.1, 0.15) is 129 Å². The minimum absolute atomic E-state index is 0.000684. The third-order valence-electron chi connectivity index (χ3n) is 7.79. The molecule has 1 aliphatic carbocycles. The fourth-order valence-corrected chi connectivity index (χ4v) is 4.92. The van der Waals surface area contributed by atoms with E-state index in [9.17, 15) is 14.7 Å². The molecule has 0 radical (unpaired) electrons. The summed E-state index contributed by atoms with van der Waals surface area (Å²) in [6.45, 7) is 7.27. The van der Waals surface area contributed by atoms with Gasteiger partial charge in [0.25, 0.3) is 6.47 Å². The normalized spacial score (nSPS) is 13.4. The molecule has 3 N–H and O–H groups in total. The smallest absolute Gasteiger partial charge is 0.308 e. The molecule has 2 atom stereocenters. The Kier molecular flexibility index (Phi) is 39.7. The largest absolute Gasteiger partial charge is 0.483 e. The van der Waals surface area contributed by atoms with Crippen molar-refractivity contribution in [2.45, 2.75) is 136 Å². The average molecular weight is 727 g/mol. The monoisotopic (exact) mass is 726 g/mol. The number of terminal acetylenes is 2. The number of hydrogen-bond acceptors (Lipinski definition) is 8. The van der Waals surface area contributed by atoms with Crippen molar-refractivity contribution in [3.8, 4) is 24.7 Å². The number of aliphatic hydroxyl groups excluding tert-OH is 2. The Hall–Kier alpha value is -4.18. The van der Waals surface area contributed by atoms with Crippen molar-refractivity contribution in [3.63, 3.8) is 0 Å². The Morgan fingerprint density at radius 1 is 0.962 bits per heavy atom. The van der Waals surface area contributed by atoms with E-state index in [-0.39, 0.29) is 37.0 Å². The van der Waals surface area contributed by atoms with Gasteiger partial charge in [-0.1, -0.05) is 80.8 Å². The Morgan fingerprint density at radius 2 is 1.54 bits per heavy atom. The van der Waals surface area contributed by atoms with Gasteiger partial charge in [0.15, 0.2) is 6.29 Å². The number of unbranched alkanes of at least 4 members (excludes halogenated alkanes) is 5. The molecule has 9 nitrogen and oxygen atoms in total. The maximum absolute atomic E-state index is 11.5. The first-order valence-corrected chi connectivity index (χ1v) is 18.3. The lowest BCUT2D eigenvalue weighted by molar-refractivity contribution is -0.164. The predicted octanol–water partition coefficient (Wildman–Crippen LogP) is 8.41. The molecule has 0 aromatic heterocycles. The van der Waals surface area contributed by atoms with Crippen LogP contribution in [-0.4, -0.2) is 60.0 Å². The highest BCUT2D eigenvalue weighted by atomic mass is 16.6. The summed E-state index contributed by atoms with van der Waals surface area (Å²) in [5.74, 6) is 5.38. The van der Waals surface area contributed by atoms with Crippen LogP contribution in [0.15, 0.2) is 54.6 Å². The molecule has 1 aromatic carbocycles. The van der Waals surface area contributed by atoms with Crippen LogP contribution in [0.4, 0.5) is 0 Å². The summed E-state index contributed by atoms with van der Waals surface area (Å²) in [5.41, 5.74) is 1.09. The quantitative estimate of drug-likeness (QED) is 0.0301. The molecule has 9 heteroatoms. The maximum Gasteiger partial charge on any atom is 0.308 e. The molecule has 0 aliphatic heterocycles. The summed E-state index contributed by atoms with van der Waals surface area (Å²) in [6, 6.07) is 10.8. The van der Waals surface area contributed by atoms with E-state index in [1.54, 1.807) is 0 Å². The van der Waals surface area contributed by atoms with Crippen molar-refractivity contribution >= 4 is 25.2 Å². The molecule has 1 aromatic rings. The summed E-state index contributed by atoms with van der Waals surface area (Å²) >= 11 is 0. The fourth-order valence-electron chi connectivity index (χ4n) is 4.92. The van der Waals surface area contributed by atoms with Gasteiger partial charge in [0.1, 0.15) is 6.79 Å². The van der Waals surface area contributed by atoms with Gasteiger partial charge in [-0.05, 0) is 89.5 Å². The van der Waals surface area contributed by atoms with Gasteiger partial charge < -0.3 is 29.6 Å². The number of carbonyl (C=O) groups is 4. The zero-order valence-electron chi connectivity index (χ0n) is 32.0. The summed E-state index contributed by atoms with van der Waals surface area (Å²) in [4.78, 5) is 38.6. The molecule has 0 saturated heterocycles. The lowest BCUT2D eigenvalue weighted by Crippen LogP contribution is -2.29. The van der Waals surface area contributed by atoms with E-state index in [0.29, 0.717) is 25.7 Å². The highest BCUT2D eigenvalue weighted by Crippen LogP contribution is 2.26. The SMILES string of the molecule is C#CCCCCC(C)(CO)COC(=O)CCCC#C.C(=C\C1CCCC1)/CCCc1ccccc1.C/C=C\CCCC(=O)OC(C)O.C=O.O=CO. The Labute approximate surface area is 314 Å². The molecule has 0 heterocycles. The number of carboxylic acid groups (broad SMARTS) is 1. The Bertz CT molecular complexity index is 1130. The van der Waals surface area contributed by atoms with E-state index >= 15 is 0 Å². The number of carbonyl (C=O) groups excluding carboxylic acids is 3. The second-order valence-corrected chi connectivity index (χ2v) is 12.6. The van der Waals surface area contributed by atoms with Crippen LogP contribution >= 0.6 is 0 Å². The van der Waals surface area contributed by atoms with E-state index in [1.165, 1.54) is 57.4 Å². The molecule has 292 valence electrons. The lowest BCUT2D eigenvalue weighted by atomic mass is 9.86. The molecule has 0 bridgehead atoms. The first kappa shape index (κ1) is 52.2. The minimum Gasteiger partial charge on any atom is -0.483 e. The topological polar surface area (TPSA) is 147 Å². The van der Waals surface area contributed by atoms with Gasteiger partial charge >= 0.3 is 11.9 Å². The van der Waals surface area contributed by atoms with Gasteiger partial charge in [-0.2, -0.15) is 0 Å². The van der Waals surface area contributed by atoms with Gasteiger partial charge in [-0.3, -0.25) is 14.4 Å². The van der Waals surface area contributed by atoms with Crippen LogP contribution in [0.25, 0.3) is 0 Å². The van der Waals surface area contributed by atoms with E-state index in [1.807, 2.05) is 32.8 Å². The summed E-state index contributed by atoms with van der Waals surface area (Å²) in [5, 5.41) is 25.0. The molecular weight excluding hydrogens is 660 g/mol. The van der Waals surface area contributed by atoms with Gasteiger partial charge in [0, 0.05) is 31.1 Å². The van der Waals surface area contributed by atoms with E-state index in [4.69, 9.17) is 37.4 Å². The van der Waals surface area contributed by atoms with Gasteiger partial charge in [0.05, 0.1) is 13.2 Å². The van der Waals surface area contributed by atoms with Crippen molar-refractivity contribution in [3.05, 3.63) is 60.2 Å². The number of rotatable bonds is 20. The number of ether oxygens (including phenoxy) is 2. The first-order chi connectivity index (χ1) is 25.1. The van der Waals surface area contributed by atoms with Crippen molar-refractivity contribution in [2.75, 3.05) is 13.2 Å². The third kappa shape index (κ3) is 37.1. The van der Waals surface area contributed by atoms with E-state index in [2.05, 4.69) is 59.1 Å². The molecule has 2 unspecified atom stereocenters. The number of allylic oxidation sites excluding steroid dienone is 4. The van der Waals surface area contributed by atoms with Crippen LogP contribution in [0.3, 0.4) is 0 Å². The summed E-state index contributed by atoms with van der Waals surface area (Å²) < 4.78 is 9.72. The Balaban J connectivity index is -0.000000663. The third-order valence-corrected chi connectivity index (χ3v) is 7.79. The summed E-state index contributed by atoms with van der Waals surface area (Å²) in [7, 11) is 0. The van der Waals surface area contributed by atoms with Crippen molar-refractivity contribution in [1.29, 1.82) is 0 Å². The Morgan fingerprint density at radius 3 is 2.10 bits per heavy atom. The summed E-state index contributed by atoms with van der Waals surface area (Å²) in [6.07, 6.45) is 34.6. The molecule has 1 saturated carbocycles. The van der Waals surface area contributed by atoms with Crippen LogP contribution < -0.4 is 0 Å². The number of aryl methyl sites for hydroxylation is 1. The van der Waals surface area contributed by atoms with Crippen LogP contribution in [0, 0.1) is 36.0 Å². The number of aliphatic hydroxyl groups is 2. The highest BCUT2D eigenvalue weighted by molar-refractivity contribution is 5.69. The molecule has 1 fully saturated rings. The van der Waals surface area contributed by atoms with Crippen molar-refractivity contribution in [1.82, 2.24) is 0 Å². The molecule has 0 spiro atoms. The molecule has 1 aliphatic rings. The van der Waals surface area contributed by atoms with Gasteiger partial charge in [0.2, 0.25) is 0 Å². The standard InChI is InChI=1S/C16H24O3.C16H22.C9H16O3.CH2O2.CH2O/c1-4-6-8-10-12-16(3,13-17)14-19-15(18)11-9-7-5-2;1-3-9-15(10-4-1)11-5-2-6-12-16-13-7-8-14-16;1-3-4-5-6-7-9(11)12-8(2)10;2-1-3;1-2/h1-2,17H,6-14H2,3H3;1,3-4,6,9-10,12,16H,2,5,7-8,11,13-14H2;3-4,8,10H,5-7H2,1-2H3;1H,(H,2,3);1H2/b;12-6+;4-3-;;.